The van der Waals surface area contributed by atoms with Gasteiger partial charge in [0.2, 0.25) is 0 Å². The first-order valence-corrected chi connectivity index (χ1v) is 5.97. The summed E-state index contributed by atoms with van der Waals surface area (Å²) in [5, 5.41) is 20.0. The minimum Gasteiger partial charge on any atom is -0.456 e. The molecule has 0 saturated heterocycles. The van der Waals surface area contributed by atoms with Crippen molar-refractivity contribution in [2.45, 2.75) is 6.61 Å². The van der Waals surface area contributed by atoms with Gasteiger partial charge >= 0.3 is 0 Å². The molecule has 2 rings (SSSR count). The van der Waals surface area contributed by atoms with Crippen molar-refractivity contribution in [2.75, 3.05) is 0 Å². The molecule has 0 unspecified atom stereocenters. The molecule has 0 saturated carbocycles. The number of nitro groups is 1. The molecule has 2 aromatic rings. The summed E-state index contributed by atoms with van der Waals surface area (Å²) in [6.07, 6.45) is 0. The Morgan fingerprint density at radius 1 is 1.24 bits per heavy atom. The number of non-ortho nitro benzene ring substituents is 1. The lowest BCUT2D eigenvalue weighted by atomic mass is 10.1. The van der Waals surface area contributed by atoms with Crippen molar-refractivity contribution in [1.82, 2.24) is 0 Å². The molecule has 3 N–H and O–H groups in total. The fraction of sp³-hybridized carbons (Fsp3) is 0.0714. The minimum absolute atomic E-state index is 0.0917. The molecule has 21 heavy (non-hydrogen) atoms. The number of hydrogen-bond donors (Lipinski definition) is 2. The predicted octanol–water partition coefficient (Wildman–Crippen LogP) is 1.98. The number of aliphatic hydroxyl groups is 1. The highest BCUT2D eigenvalue weighted by Gasteiger charge is 2.17. The van der Waals surface area contributed by atoms with E-state index in [9.17, 15) is 20.0 Å². The Labute approximate surface area is 119 Å². The number of rotatable bonds is 5. The molecule has 0 aliphatic rings. The molecular weight excluding hydrogens is 276 g/mol. The highest BCUT2D eigenvalue weighted by atomic mass is 16.6. The summed E-state index contributed by atoms with van der Waals surface area (Å²) < 4.78 is 5.54. The zero-order valence-electron chi connectivity index (χ0n) is 10.9. The third-order valence-electron chi connectivity index (χ3n) is 2.80. The van der Waals surface area contributed by atoms with Crippen LogP contribution in [0, 0.1) is 10.1 Å². The van der Waals surface area contributed by atoms with E-state index in [1.165, 1.54) is 12.1 Å². The number of aliphatic hydroxyl groups excluding tert-OH is 1. The average molecular weight is 288 g/mol. The molecule has 0 aliphatic heterocycles. The molecule has 0 bridgehead atoms. The van der Waals surface area contributed by atoms with Crippen LogP contribution in [0.1, 0.15) is 15.9 Å². The van der Waals surface area contributed by atoms with Crippen LogP contribution < -0.4 is 10.5 Å². The highest BCUT2D eigenvalue weighted by Crippen LogP contribution is 2.30. The number of hydrogen-bond acceptors (Lipinski definition) is 5. The molecular formula is C14H12N2O5. The Balaban J connectivity index is 2.44. The van der Waals surface area contributed by atoms with Gasteiger partial charge in [-0.25, -0.2) is 0 Å². The van der Waals surface area contributed by atoms with E-state index in [0.29, 0.717) is 11.3 Å². The van der Waals surface area contributed by atoms with Crippen LogP contribution >= 0.6 is 0 Å². The Kier molecular flexibility index (Phi) is 4.15. The molecule has 1 amide bonds. The third-order valence-corrected chi connectivity index (χ3v) is 2.80. The summed E-state index contributed by atoms with van der Waals surface area (Å²) in [7, 11) is 0. The average Bonchev–Trinajstić information content (AvgIpc) is 2.47. The molecule has 0 radical (unpaired) electrons. The van der Waals surface area contributed by atoms with Crippen LogP contribution in [0.15, 0.2) is 42.5 Å². The van der Waals surface area contributed by atoms with Crippen LogP contribution in [-0.4, -0.2) is 15.9 Å². The van der Waals surface area contributed by atoms with E-state index in [2.05, 4.69) is 0 Å². The number of nitro benzene ring substituents is 1. The van der Waals surface area contributed by atoms with Crippen LogP contribution in [0.2, 0.25) is 0 Å². The van der Waals surface area contributed by atoms with Gasteiger partial charge in [0.1, 0.15) is 11.5 Å². The molecule has 7 heteroatoms. The molecule has 0 atom stereocenters. The molecule has 0 aromatic heterocycles. The van der Waals surface area contributed by atoms with Crippen LogP contribution in [0.3, 0.4) is 0 Å². The number of nitrogens with two attached hydrogens (primary N) is 1. The van der Waals surface area contributed by atoms with Gasteiger partial charge in [-0.2, -0.15) is 0 Å². The monoisotopic (exact) mass is 288 g/mol. The van der Waals surface area contributed by atoms with Gasteiger partial charge in [-0.1, -0.05) is 18.2 Å². The Hall–Kier alpha value is -2.93. The van der Waals surface area contributed by atoms with Gasteiger partial charge < -0.3 is 15.6 Å². The zero-order valence-corrected chi connectivity index (χ0v) is 10.9. The van der Waals surface area contributed by atoms with E-state index >= 15 is 0 Å². The summed E-state index contributed by atoms with van der Waals surface area (Å²) in [4.78, 5) is 21.5. The lowest BCUT2D eigenvalue weighted by Crippen LogP contribution is -2.12. The van der Waals surface area contributed by atoms with E-state index in [1.54, 1.807) is 24.3 Å². The van der Waals surface area contributed by atoms with Crippen molar-refractivity contribution < 1.29 is 19.6 Å². The summed E-state index contributed by atoms with van der Waals surface area (Å²) in [5.41, 5.74) is 5.38. The molecule has 0 fully saturated rings. The Morgan fingerprint density at radius 3 is 2.57 bits per heavy atom. The normalized spacial score (nSPS) is 10.1. The maximum absolute atomic E-state index is 11.4. The quantitative estimate of drug-likeness (QED) is 0.644. The zero-order chi connectivity index (χ0) is 15.4. The van der Waals surface area contributed by atoms with Gasteiger partial charge in [-0.05, 0) is 12.1 Å². The van der Waals surface area contributed by atoms with E-state index < -0.39 is 10.8 Å². The molecule has 7 nitrogen and oxygen atoms in total. The summed E-state index contributed by atoms with van der Waals surface area (Å²) in [5.74, 6) is -0.402. The largest absolute Gasteiger partial charge is 0.456 e. The smallest absolute Gasteiger partial charge is 0.270 e. The van der Waals surface area contributed by atoms with Crippen molar-refractivity contribution in [3.05, 3.63) is 63.7 Å². The molecule has 0 spiro atoms. The van der Waals surface area contributed by atoms with Crippen molar-refractivity contribution in [2.24, 2.45) is 5.73 Å². The van der Waals surface area contributed by atoms with E-state index in [-0.39, 0.29) is 23.6 Å². The first-order valence-electron chi connectivity index (χ1n) is 5.97. The van der Waals surface area contributed by atoms with Crippen LogP contribution in [0.25, 0.3) is 0 Å². The van der Waals surface area contributed by atoms with Crippen LogP contribution in [-0.2, 0) is 6.61 Å². The second-order valence-corrected chi connectivity index (χ2v) is 4.17. The second kappa shape index (κ2) is 6.02. The van der Waals surface area contributed by atoms with E-state index in [1.807, 2.05) is 0 Å². The van der Waals surface area contributed by atoms with Crippen molar-refractivity contribution in [3.63, 3.8) is 0 Å². The van der Waals surface area contributed by atoms with E-state index in [4.69, 9.17) is 10.5 Å². The second-order valence-electron chi connectivity index (χ2n) is 4.17. The first-order chi connectivity index (χ1) is 10.0. The predicted molar refractivity (Wildman–Crippen MR) is 74.1 cm³/mol. The minimum atomic E-state index is -0.838. The van der Waals surface area contributed by atoms with Gasteiger partial charge in [0.05, 0.1) is 17.1 Å². The van der Waals surface area contributed by atoms with Crippen LogP contribution in [0.5, 0.6) is 11.5 Å². The third kappa shape index (κ3) is 3.15. The molecule has 2 aromatic carbocycles. The lowest BCUT2D eigenvalue weighted by Gasteiger charge is -2.11. The topological polar surface area (TPSA) is 116 Å². The van der Waals surface area contributed by atoms with Gasteiger partial charge in [0, 0.05) is 17.7 Å². The highest BCUT2D eigenvalue weighted by molar-refractivity contribution is 5.96. The Morgan fingerprint density at radius 2 is 1.95 bits per heavy atom. The van der Waals surface area contributed by atoms with Gasteiger partial charge in [-0.15, -0.1) is 0 Å². The molecule has 0 heterocycles. The number of carbonyl (C=O) groups is 1. The Bertz CT molecular complexity index is 700. The standard InChI is InChI=1S/C14H12N2O5/c15-14(18)11-7-10(16(19)20)5-6-13(11)21-12-4-2-1-3-9(12)8-17/h1-7,17H,8H2,(H2,15,18). The van der Waals surface area contributed by atoms with Crippen molar-refractivity contribution in [1.29, 1.82) is 0 Å². The fourth-order valence-corrected chi connectivity index (χ4v) is 1.77. The maximum atomic E-state index is 11.4. The number of carbonyl (C=O) groups excluding carboxylic acids is 1. The molecule has 0 aliphatic carbocycles. The number of para-hydroxylation sites is 1. The number of nitrogens with zero attached hydrogens (tertiary/aromatic N) is 1. The van der Waals surface area contributed by atoms with Gasteiger partial charge in [-0.3, -0.25) is 14.9 Å². The number of primary amides is 1. The van der Waals surface area contributed by atoms with Crippen molar-refractivity contribution >= 4 is 11.6 Å². The molecule has 108 valence electrons. The fourth-order valence-electron chi connectivity index (χ4n) is 1.77. The number of amides is 1. The SMILES string of the molecule is NC(=O)c1cc([N+](=O)[O-])ccc1Oc1ccccc1CO. The maximum Gasteiger partial charge on any atom is 0.270 e. The first kappa shape index (κ1) is 14.5. The summed E-state index contributed by atoms with van der Waals surface area (Å²) in [6, 6.07) is 10.3. The lowest BCUT2D eigenvalue weighted by molar-refractivity contribution is -0.384. The summed E-state index contributed by atoms with van der Waals surface area (Å²) in [6.45, 7) is -0.241. The summed E-state index contributed by atoms with van der Waals surface area (Å²) >= 11 is 0. The van der Waals surface area contributed by atoms with E-state index in [0.717, 1.165) is 6.07 Å². The number of benzene rings is 2. The van der Waals surface area contributed by atoms with Crippen LogP contribution in [0.4, 0.5) is 5.69 Å². The number of ether oxygens (including phenoxy) is 1. The van der Waals surface area contributed by atoms with Gasteiger partial charge in [0.25, 0.3) is 11.6 Å². The van der Waals surface area contributed by atoms with Crippen molar-refractivity contribution in [3.8, 4) is 11.5 Å². The van der Waals surface area contributed by atoms with Gasteiger partial charge in [0.15, 0.2) is 0 Å².